The molecule has 0 aromatic heterocycles. The van der Waals surface area contributed by atoms with Crippen LogP contribution in [0.15, 0.2) is 60.7 Å². The van der Waals surface area contributed by atoms with Crippen molar-refractivity contribution in [3.05, 3.63) is 71.8 Å². The number of rotatable bonds is 30. The van der Waals surface area contributed by atoms with E-state index in [0.29, 0.717) is 44.2 Å². The summed E-state index contributed by atoms with van der Waals surface area (Å²) in [7, 11) is 0. The third kappa shape index (κ3) is 24.0. The molecule has 0 spiro atoms. The largest absolute Gasteiger partial charge is 0.462 e. The van der Waals surface area contributed by atoms with Crippen LogP contribution in [0.1, 0.15) is 140 Å². The molecule has 0 fully saturated rings. The Bertz CT molecular complexity index is 1170. The number of carbonyl (C=O) groups excluding carboxylic acids is 4. The highest BCUT2D eigenvalue weighted by molar-refractivity contribution is 9.09. The first kappa shape index (κ1) is 43.0. The van der Waals surface area contributed by atoms with Gasteiger partial charge >= 0.3 is 23.9 Å². The highest BCUT2D eigenvalue weighted by Gasteiger charge is 2.16. The molecule has 0 aliphatic rings. The Morgan fingerprint density at radius 3 is 1.12 bits per heavy atom. The summed E-state index contributed by atoms with van der Waals surface area (Å²) in [5.41, 5.74) is 2.01. The van der Waals surface area contributed by atoms with Crippen LogP contribution in [0.3, 0.4) is 0 Å². The lowest BCUT2D eigenvalue weighted by molar-refractivity contribution is -0.157. The molecule has 0 aliphatic heterocycles. The van der Waals surface area contributed by atoms with Gasteiger partial charge in [0.15, 0.2) is 0 Å². The van der Waals surface area contributed by atoms with Crippen LogP contribution in [0.4, 0.5) is 0 Å². The van der Waals surface area contributed by atoms with Gasteiger partial charge in [-0.3, -0.25) is 19.2 Å². The fraction of sp³-hybridized carbons (Fsp3) is 0.610. The lowest BCUT2D eigenvalue weighted by Gasteiger charge is -2.15. The van der Waals surface area contributed by atoms with Crippen molar-refractivity contribution in [1.82, 2.24) is 0 Å². The van der Waals surface area contributed by atoms with Gasteiger partial charge in [-0.05, 0) is 36.8 Å². The summed E-state index contributed by atoms with van der Waals surface area (Å²) in [6, 6.07) is 19.4. The van der Waals surface area contributed by atoms with Crippen LogP contribution < -0.4 is 0 Å². The second-order valence-electron chi connectivity index (χ2n) is 12.9. The van der Waals surface area contributed by atoms with Crippen LogP contribution in [-0.4, -0.2) is 41.9 Å². The van der Waals surface area contributed by atoms with E-state index in [2.05, 4.69) is 15.9 Å². The Morgan fingerprint density at radius 2 is 0.760 bits per heavy atom. The van der Waals surface area contributed by atoms with E-state index in [0.717, 1.165) is 114 Å². The standard InChI is InChI=1S/C41H59BrO8/c42-31-37(50-41(46)30-22-12-8-4-3-6-10-20-28-39(44)48-33-36-25-17-14-18-26-36)34-49-40(45)29-21-11-7-2-1-5-9-19-27-38(43)47-32-35-23-15-13-16-24-35/h13-18,23-26,37H,1-12,19-22,27-34H2. The summed E-state index contributed by atoms with van der Waals surface area (Å²) < 4.78 is 21.5. The molecule has 0 aliphatic carbocycles. The number of esters is 4. The fourth-order valence-corrected chi connectivity index (χ4v) is 5.75. The number of halogens is 1. The number of hydrogen-bond acceptors (Lipinski definition) is 8. The number of unbranched alkanes of at least 4 members (excludes halogenated alkanes) is 14. The molecule has 0 heterocycles. The lowest BCUT2D eigenvalue weighted by atomic mass is 10.1. The number of carbonyl (C=O) groups is 4. The second kappa shape index (κ2) is 29.5. The van der Waals surface area contributed by atoms with Crippen molar-refractivity contribution in [2.75, 3.05) is 11.9 Å². The number of ether oxygens (including phenoxy) is 4. The van der Waals surface area contributed by atoms with E-state index in [-0.39, 0.29) is 30.5 Å². The van der Waals surface area contributed by atoms with Gasteiger partial charge in [0, 0.05) is 31.0 Å². The first-order chi connectivity index (χ1) is 24.5. The first-order valence-electron chi connectivity index (χ1n) is 18.8. The van der Waals surface area contributed by atoms with E-state index in [1.165, 1.54) is 0 Å². The molecule has 2 aromatic carbocycles. The zero-order chi connectivity index (χ0) is 35.9. The maximum Gasteiger partial charge on any atom is 0.306 e. The predicted molar refractivity (Wildman–Crippen MR) is 199 cm³/mol. The topological polar surface area (TPSA) is 105 Å². The predicted octanol–water partition coefficient (Wildman–Crippen LogP) is 10.1. The maximum atomic E-state index is 12.3. The van der Waals surface area contributed by atoms with Gasteiger partial charge in [0.2, 0.25) is 0 Å². The normalized spacial score (nSPS) is 11.5. The Morgan fingerprint density at radius 1 is 0.440 bits per heavy atom. The summed E-state index contributed by atoms with van der Waals surface area (Å²) >= 11 is 3.36. The molecule has 278 valence electrons. The van der Waals surface area contributed by atoms with E-state index >= 15 is 0 Å². The number of benzene rings is 2. The number of alkyl halides is 1. The SMILES string of the molecule is O=C(CCCCCCCCCCC(=O)OCC(CBr)OC(=O)CCCCCCCCCCC(=O)OCc1ccccc1)OCc1ccccc1. The van der Waals surface area contributed by atoms with Gasteiger partial charge in [-0.25, -0.2) is 0 Å². The van der Waals surface area contributed by atoms with E-state index in [1.807, 2.05) is 60.7 Å². The molecule has 0 N–H and O–H groups in total. The minimum absolute atomic E-state index is 0.0698. The molecule has 9 heteroatoms. The van der Waals surface area contributed by atoms with Crippen molar-refractivity contribution in [2.45, 2.75) is 148 Å². The summed E-state index contributed by atoms with van der Waals surface area (Å²) in [5, 5.41) is 0.422. The lowest BCUT2D eigenvalue weighted by Crippen LogP contribution is -2.26. The monoisotopic (exact) mass is 758 g/mol. The molecule has 0 bridgehead atoms. The van der Waals surface area contributed by atoms with Crippen LogP contribution in [-0.2, 0) is 51.3 Å². The third-order valence-electron chi connectivity index (χ3n) is 8.41. The highest BCUT2D eigenvalue weighted by atomic mass is 79.9. The van der Waals surface area contributed by atoms with Crippen LogP contribution >= 0.6 is 15.9 Å². The average Bonchev–Trinajstić information content (AvgIpc) is 3.13. The smallest absolute Gasteiger partial charge is 0.306 e. The fourth-order valence-electron chi connectivity index (χ4n) is 5.43. The van der Waals surface area contributed by atoms with Gasteiger partial charge in [-0.2, -0.15) is 0 Å². The summed E-state index contributed by atoms with van der Waals surface area (Å²) in [6.07, 6.45) is 17.3. The van der Waals surface area contributed by atoms with Gasteiger partial charge in [0.05, 0.1) is 0 Å². The summed E-state index contributed by atoms with van der Waals surface area (Å²) in [4.78, 5) is 48.2. The zero-order valence-electron chi connectivity index (χ0n) is 30.0. The van der Waals surface area contributed by atoms with Gasteiger partial charge in [0.1, 0.15) is 25.9 Å². The molecule has 8 nitrogen and oxygen atoms in total. The quantitative estimate of drug-likeness (QED) is 0.0336. The molecule has 0 saturated heterocycles. The molecule has 2 rings (SSSR count). The third-order valence-corrected chi connectivity index (χ3v) is 9.13. The van der Waals surface area contributed by atoms with E-state index in [9.17, 15) is 19.2 Å². The molecular weight excluding hydrogens is 700 g/mol. The van der Waals surface area contributed by atoms with Gasteiger partial charge in [-0.15, -0.1) is 0 Å². The molecule has 2 aromatic rings. The van der Waals surface area contributed by atoms with Crippen molar-refractivity contribution in [3.63, 3.8) is 0 Å². The van der Waals surface area contributed by atoms with E-state index in [1.54, 1.807) is 0 Å². The van der Waals surface area contributed by atoms with Gasteiger partial charge in [-0.1, -0.05) is 154 Å². The maximum absolute atomic E-state index is 12.3. The molecule has 0 radical (unpaired) electrons. The van der Waals surface area contributed by atoms with Crippen LogP contribution in [0.2, 0.25) is 0 Å². The molecular formula is C41H59BrO8. The average molecular weight is 760 g/mol. The minimum atomic E-state index is -0.479. The van der Waals surface area contributed by atoms with Crippen molar-refractivity contribution in [3.8, 4) is 0 Å². The molecule has 0 amide bonds. The Labute approximate surface area is 308 Å². The van der Waals surface area contributed by atoms with Gasteiger partial charge < -0.3 is 18.9 Å². The van der Waals surface area contributed by atoms with Crippen molar-refractivity contribution >= 4 is 39.8 Å². The Kier molecular flexibility index (Phi) is 25.4. The molecule has 0 saturated carbocycles. The first-order valence-corrected chi connectivity index (χ1v) is 19.9. The van der Waals surface area contributed by atoms with Crippen molar-refractivity contribution in [1.29, 1.82) is 0 Å². The van der Waals surface area contributed by atoms with Crippen LogP contribution in [0, 0.1) is 0 Å². The molecule has 1 atom stereocenters. The minimum Gasteiger partial charge on any atom is -0.462 e. The van der Waals surface area contributed by atoms with Gasteiger partial charge in [0.25, 0.3) is 0 Å². The van der Waals surface area contributed by atoms with Crippen LogP contribution in [0.25, 0.3) is 0 Å². The summed E-state index contributed by atoms with van der Waals surface area (Å²) in [6.45, 7) is 0.739. The molecule has 50 heavy (non-hydrogen) atoms. The second-order valence-corrected chi connectivity index (χ2v) is 13.5. The highest BCUT2D eigenvalue weighted by Crippen LogP contribution is 2.14. The number of hydrogen-bond donors (Lipinski definition) is 0. The zero-order valence-corrected chi connectivity index (χ0v) is 31.6. The summed E-state index contributed by atoms with van der Waals surface area (Å²) in [5.74, 6) is -0.790. The van der Waals surface area contributed by atoms with Crippen molar-refractivity contribution < 1.29 is 38.1 Å². The van der Waals surface area contributed by atoms with Crippen molar-refractivity contribution in [2.24, 2.45) is 0 Å². The Hall–Kier alpha value is -3.20. The van der Waals surface area contributed by atoms with E-state index in [4.69, 9.17) is 18.9 Å². The van der Waals surface area contributed by atoms with Crippen LogP contribution in [0.5, 0.6) is 0 Å². The van der Waals surface area contributed by atoms with E-state index < -0.39 is 6.10 Å². The Balaban J connectivity index is 1.33. The molecule has 1 unspecified atom stereocenters.